The van der Waals surface area contributed by atoms with E-state index in [2.05, 4.69) is 22.1 Å². The van der Waals surface area contributed by atoms with Gasteiger partial charge in [0.05, 0.1) is 18.7 Å². The lowest BCUT2D eigenvalue weighted by Gasteiger charge is -2.35. The van der Waals surface area contributed by atoms with Crippen LogP contribution in [-0.4, -0.2) is 85.0 Å². The van der Waals surface area contributed by atoms with Crippen molar-refractivity contribution in [1.29, 1.82) is 0 Å². The Labute approximate surface area is 205 Å². The lowest BCUT2D eigenvalue weighted by atomic mass is 9.92. The number of nitrogens with zero attached hydrogens (tertiary/aromatic N) is 2. The fraction of sp³-hybridized carbons (Fsp3) is 0.423. The van der Waals surface area contributed by atoms with Crippen molar-refractivity contribution in [2.24, 2.45) is 0 Å². The maximum atomic E-state index is 13.0. The first-order chi connectivity index (χ1) is 16.8. The average molecular weight is 482 g/mol. The van der Waals surface area contributed by atoms with Crippen LogP contribution in [0.1, 0.15) is 40.6 Å². The molecule has 2 aromatic rings. The van der Waals surface area contributed by atoms with Crippen molar-refractivity contribution < 1.29 is 28.6 Å². The highest BCUT2D eigenvalue weighted by Crippen LogP contribution is 2.19. The number of furan rings is 1. The van der Waals surface area contributed by atoms with Crippen LogP contribution in [0.5, 0.6) is 0 Å². The number of ether oxygens (including phenoxy) is 1. The zero-order chi connectivity index (χ0) is 25.4. The fourth-order valence-electron chi connectivity index (χ4n) is 3.81. The predicted octanol–water partition coefficient (Wildman–Crippen LogP) is 1.04. The minimum absolute atomic E-state index is 0.283. The molecule has 0 unspecified atom stereocenters. The smallest absolute Gasteiger partial charge is 0.254 e. The summed E-state index contributed by atoms with van der Waals surface area (Å²) in [6, 6.07) is 8.47. The van der Waals surface area contributed by atoms with E-state index in [1.807, 2.05) is 6.07 Å². The fourth-order valence-corrected chi connectivity index (χ4v) is 3.81. The van der Waals surface area contributed by atoms with Crippen molar-refractivity contribution in [3.8, 4) is 11.8 Å². The Kier molecular flexibility index (Phi) is 8.82. The normalized spacial score (nSPS) is 15.8. The third kappa shape index (κ3) is 6.17. The number of ketones is 1. The van der Waals surface area contributed by atoms with Crippen LogP contribution in [0.25, 0.3) is 0 Å². The molecule has 1 aromatic carbocycles. The molecule has 1 atom stereocenters. The molecule has 9 nitrogen and oxygen atoms in total. The van der Waals surface area contributed by atoms with E-state index in [9.17, 15) is 19.5 Å². The lowest BCUT2D eigenvalue weighted by molar-refractivity contribution is -0.143. The molecule has 0 radical (unpaired) electrons. The highest BCUT2D eigenvalue weighted by Gasteiger charge is 2.46. The van der Waals surface area contributed by atoms with Crippen molar-refractivity contribution in [1.82, 2.24) is 15.1 Å². The van der Waals surface area contributed by atoms with Gasteiger partial charge in [0.1, 0.15) is 18.6 Å². The summed E-state index contributed by atoms with van der Waals surface area (Å²) in [5.74, 6) is 4.96. The molecule has 1 aliphatic rings. The molecule has 2 amide bonds. The van der Waals surface area contributed by atoms with Gasteiger partial charge in [-0.15, -0.1) is 0 Å². The molecule has 1 saturated heterocycles. The molecule has 0 saturated carbocycles. The van der Waals surface area contributed by atoms with Crippen LogP contribution in [0.4, 0.5) is 0 Å². The number of benzene rings is 1. The second-order valence-corrected chi connectivity index (χ2v) is 8.47. The van der Waals surface area contributed by atoms with Crippen molar-refractivity contribution in [3.63, 3.8) is 0 Å². The number of amides is 2. The number of aliphatic hydroxyl groups excluding tert-OH is 1. The Balaban J connectivity index is 1.67. The topological polar surface area (TPSA) is 112 Å². The first-order valence-electron chi connectivity index (χ1n) is 11.4. The summed E-state index contributed by atoms with van der Waals surface area (Å²) in [4.78, 5) is 40.9. The number of Topliss-reactive ketones (excluding diaryl/α,β-unsaturated/α-hetero) is 1. The molecule has 0 aliphatic carbocycles. The summed E-state index contributed by atoms with van der Waals surface area (Å²) in [6.07, 6.45) is 2.63. The van der Waals surface area contributed by atoms with Crippen LogP contribution < -0.4 is 5.32 Å². The third-order valence-electron chi connectivity index (χ3n) is 6.16. The number of hydrogen-bond acceptors (Lipinski definition) is 7. The predicted molar refractivity (Wildman–Crippen MR) is 129 cm³/mol. The van der Waals surface area contributed by atoms with Gasteiger partial charge >= 0.3 is 0 Å². The summed E-state index contributed by atoms with van der Waals surface area (Å²) >= 11 is 0. The Morgan fingerprint density at radius 1 is 1.14 bits per heavy atom. The Morgan fingerprint density at radius 2 is 1.86 bits per heavy atom. The molecule has 9 heteroatoms. The summed E-state index contributed by atoms with van der Waals surface area (Å²) < 4.78 is 11.1. The van der Waals surface area contributed by atoms with E-state index in [-0.39, 0.29) is 5.56 Å². The molecule has 1 aromatic heterocycles. The number of carbonyl (C=O) groups excluding carboxylic acids is 3. The molecule has 1 fully saturated rings. The van der Waals surface area contributed by atoms with Gasteiger partial charge in [0.15, 0.2) is 11.3 Å². The van der Waals surface area contributed by atoms with Crippen LogP contribution in [0, 0.1) is 11.8 Å². The van der Waals surface area contributed by atoms with E-state index in [0.29, 0.717) is 12.1 Å². The monoisotopic (exact) mass is 481 g/mol. The van der Waals surface area contributed by atoms with Crippen molar-refractivity contribution in [3.05, 3.63) is 59.0 Å². The molecule has 0 spiro atoms. The standard InChI is InChI=1S/C26H31N3O6/c1-26(23(31)17-30,25(33)27-2)28(3)24(32)21-9-7-19(8-10-21)5-6-20-15-22(35-18-20)16-29-11-4-13-34-14-12-29/h7-10,15,18,30H,4,11-14,16-17H2,1-3H3,(H,27,33)/t26-/m1/s1. The zero-order valence-electron chi connectivity index (χ0n) is 20.3. The van der Waals surface area contributed by atoms with Crippen LogP contribution in [0.3, 0.4) is 0 Å². The maximum absolute atomic E-state index is 13.0. The molecule has 35 heavy (non-hydrogen) atoms. The quantitative estimate of drug-likeness (QED) is 0.449. The summed E-state index contributed by atoms with van der Waals surface area (Å²) in [7, 11) is 2.72. The Morgan fingerprint density at radius 3 is 2.54 bits per heavy atom. The first kappa shape index (κ1) is 26.2. The van der Waals surface area contributed by atoms with E-state index in [4.69, 9.17) is 9.15 Å². The lowest BCUT2D eigenvalue weighted by Crippen LogP contribution is -2.62. The largest absolute Gasteiger partial charge is 0.467 e. The molecule has 186 valence electrons. The van der Waals surface area contributed by atoms with Crippen LogP contribution in [0.2, 0.25) is 0 Å². The van der Waals surface area contributed by atoms with Gasteiger partial charge in [0.25, 0.3) is 11.8 Å². The zero-order valence-corrected chi connectivity index (χ0v) is 20.3. The summed E-state index contributed by atoms with van der Waals surface area (Å²) in [5, 5.41) is 11.7. The van der Waals surface area contributed by atoms with Gasteiger partial charge in [-0.3, -0.25) is 19.3 Å². The van der Waals surface area contributed by atoms with E-state index < -0.39 is 29.7 Å². The SMILES string of the molecule is CNC(=O)[C@@](C)(C(=O)CO)N(C)C(=O)c1ccc(C#Cc2coc(CN3CCCOCC3)c2)cc1. The number of likely N-dealkylation sites (N-methyl/N-ethyl adjacent to an activating group) is 2. The molecular weight excluding hydrogens is 450 g/mol. The van der Waals surface area contributed by atoms with Crippen LogP contribution in [0.15, 0.2) is 41.0 Å². The first-order valence-corrected chi connectivity index (χ1v) is 11.4. The van der Waals surface area contributed by atoms with E-state index in [1.54, 1.807) is 30.5 Å². The molecular formula is C26H31N3O6. The van der Waals surface area contributed by atoms with Crippen molar-refractivity contribution in [2.45, 2.75) is 25.4 Å². The Bertz CT molecular complexity index is 1090. The van der Waals surface area contributed by atoms with E-state index in [0.717, 1.165) is 48.9 Å². The van der Waals surface area contributed by atoms with Gasteiger partial charge in [-0.25, -0.2) is 0 Å². The van der Waals surface area contributed by atoms with Gasteiger partial charge < -0.3 is 24.5 Å². The molecule has 0 bridgehead atoms. The third-order valence-corrected chi connectivity index (χ3v) is 6.16. The van der Waals surface area contributed by atoms with Crippen molar-refractivity contribution in [2.75, 3.05) is 47.0 Å². The molecule has 3 rings (SSSR count). The second-order valence-electron chi connectivity index (χ2n) is 8.47. The highest BCUT2D eigenvalue weighted by molar-refractivity contribution is 6.14. The average Bonchev–Trinajstić information content (AvgIpc) is 3.17. The second kappa shape index (κ2) is 11.8. The van der Waals surface area contributed by atoms with Crippen LogP contribution in [-0.2, 0) is 20.9 Å². The Hall–Kier alpha value is -3.45. The summed E-state index contributed by atoms with van der Waals surface area (Å²) in [6.45, 7) is 4.52. The molecule has 1 aliphatic heterocycles. The molecule has 2 N–H and O–H groups in total. The summed E-state index contributed by atoms with van der Waals surface area (Å²) in [5.41, 5.74) is -0.101. The molecule has 2 heterocycles. The van der Waals surface area contributed by atoms with Gasteiger partial charge in [-0.05, 0) is 43.7 Å². The maximum Gasteiger partial charge on any atom is 0.254 e. The minimum atomic E-state index is -1.83. The number of rotatable bonds is 7. The van der Waals surface area contributed by atoms with E-state index in [1.165, 1.54) is 21.0 Å². The number of hydrogen-bond donors (Lipinski definition) is 2. The van der Waals surface area contributed by atoms with Gasteiger partial charge in [-0.2, -0.15) is 0 Å². The van der Waals surface area contributed by atoms with Gasteiger partial charge in [0, 0.05) is 44.9 Å². The number of nitrogens with one attached hydrogen (secondary N) is 1. The highest BCUT2D eigenvalue weighted by atomic mass is 16.5. The van der Waals surface area contributed by atoms with E-state index >= 15 is 0 Å². The minimum Gasteiger partial charge on any atom is -0.467 e. The van der Waals surface area contributed by atoms with Crippen molar-refractivity contribution >= 4 is 17.6 Å². The number of carbonyl (C=O) groups is 3. The van der Waals surface area contributed by atoms with Gasteiger partial charge in [0.2, 0.25) is 0 Å². The number of aliphatic hydroxyl groups is 1. The van der Waals surface area contributed by atoms with Gasteiger partial charge in [-0.1, -0.05) is 11.8 Å². The van der Waals surface area contributed by atoms with Crippen LogP contribution >= 0.6 is 0 Å².